The number of nitrogens with one attached hydrogen (secondary N) is 1. The van der Waals surface area contributed by atoms with Gasteiger partial charge in [-0.3, -0.25) is 0 Å². The topological polar surface area (TPSA) is 81.4 Å². The molecule has 0 aromatic heterocycles. The predicted molar refractivity (Wildman–Crippen MR) is 82.5 cm³/mol. The quantitative estimate of drug-likeness (QED) is 0.862. The highest BCUT2D eigenvalue weighted by Crippen LogP contribution is 2.21. The molecule has 1 unspecified atom stereocenters. The number of sulfonamides is 1. The zero-order valence-electron chi connectivity index (χ0n) is 12.7. The molecule has 0 radical (unpaired) electrons. The first-order valence-corrected chi connectivity index (χ1v) is 8.80. The molecular formula is C15H24N2O3S. The Morgan fingerprint density at radius 3 is 2.76 bits per heavy atom. The van der Waals surface area contributed by atoms with Crippen LogP contribution in [0.1, 0.15) is 29.5 Å². The molecule has 21 heavy (non-hydrogen) atoms. The van der Waals surface area contributed by atoms with Crippen LogP contribution in [-0.2, 0) is 21.3 Å². The van der Waals surface area contributed by atoms with E-state index in [1.165, 1.54) is 0 Å². The van der Waals surface area contributed by atoms with Crippen LogP contribution in [0.3, 0.4) is 0 Å². The minimum absolute atomic E-state index is 0.257. The second-order valence-corrected chi connectivity index (χ2v) is 7.41. The van der Waals surface area contributed by atoms with Gasteiger partial charge in [-0.05, 0) is 55.4 Å². The summed E-state index contributed by atoms with van der Waals surface area (Å²) in [6.07, 6.45) is 2.00. The van der Waals surface area contributed by atoms with E-state index in [0.717, 1.165) is 36.1 Å². The molecule has 1 aromatic rings. The number of ether oxygens (including phenoxy) is 1. The minimum atomic E-state index is -3.51. The van der Waals surface area contributed by atoms with Crippen molar-refractivity contribution in [1.82, 2.24) is 4.72 Å². The number of benzene rings is 1. The Kier molecular flexibility index (Phi) is 5.37. The molecule has 1 saturated heterocycles. The molecule has 1 fully saturated rings. The Morgan fingerprint density at radius 1 is 1.38 bits per heavy atom. The largest absolute Gasteiger partial charge is 0.381 e. The summed E-state index contributed by atoms with van der Waals surface area (Å²) in [5.74, 6) is 0.257. The molecule has 5 nitrogen and oxygen atoms in total. The van der Waals surface area contributed by atoms with Gasteiger partial charge in [0.25, 0.3) is 0 Å². The molecular weight excluding hydrogens is 288 g/mol. The molecule has 1 atom stereocenters. The average molecular weight is 312 g/mol. The zero-order chi connectivity index (χ0) is 15.5. The van der Waals surface area contributed by atoms with Gasteiger partial charge in [-0.2, -0.15) is 0 Å². The van der Waals surface area contributed by atoms with Crippen LogP contribution in [0.2, 0.25) is 0 Å². The number of aryl methyl sites for hydroxylation is 1. The molecule has 118 valence electrons. The Hall–Kier alpha value is -0.950. The van der Waals surface area contributed by atoms with Gasteiger partial charge in [-0.25, -0.2) is 13.1 Å². The van der Waals surface area contributed by atoms with Crippen molar-refractivity contribution in [2.24, 2.45) is 11.7 Å². The van der Waals surface area contributed by atoms with E-state index in [1.54, 1.807) is 6.07 Å². The fraction of sp³-hybridized carbons (Fsp3) is 0.600. The first-order chi connectivity index (χ1) is 9.94. The molecule has 1 aliphatic rings. The van der Waals surface area contributed by atoms with Gasteiger partial charge in [0.15, 0.2) is 0 Å². The lowest BCUT2D eigenvalue weighted by Crippen LogP contribution is -2.33. The monoisotopic (exact) mass is 312 g/mol. The van der Waals surface area contributed by atoms with Crippen LogP contribution in [0.25, 0.3) is 0 Å². The van der Waals surface area contributed by atoms with Crippen molar-refractivity contribution in [3.8, 4) is 0 Å². The molecule has 0 spiro atoms. The number of hydrogen-bond acceptors (Lipinski definition) is 4. The lowest BCUT2D eigenvalue weighted by atomic mass is 10.0. The first-order valence-electron chi connectivity index (χ1n) is 7.31. The van der Waals surface area contributed by atoms with Crippen molar-refractivity contribution in [2.45, 2.75) is 38.1 Å². The third kappa shape index (κ3) is 4.03. The molecule has 3 N–H and O–H groups in total. The Bertz CT molecular complexity index is 593. The van der Waals surface area contributed by atoms with Gasteiger partial charge in [0.1, 0.15) is 0 Å². The minimum Gasteiger partial charge on any atom is -0.381 e. The summed E-state index contributed by atoms with van der Waals surface area (Å²) >= 11 is 0. The van der Waals surface area contributed by atoms with Gasteiger partial charge in [0, 0.05) is 19.7 Å². The standard InChI is InChI=1S/C15H24N2O3S/c1-11-6-14(8-16)7-15(12(11)2)21(18,19)17-9-13-4-3-5-20-10-13/h6-7,13,17H,3-5,8-10,16H2,1-2H3. The summed E-state index contributed by atoms with van der Waals surface area (Å²) in [5.41, 5.74) is 8.19. The Balaban J connectivity index is 2.16. The normalized spacial score (nSPS) is 19.7. The highest BCUT2D eigenvalue weighted by Gasteiger charge is 2.21. The average Bonchev–Trinajstić information content (AvgIpc) is 2.48. The second-order valence-electron chi connectivity index (χ2n) is 5.68. The van der Waals surface area contributed by atoms with Crippen molar-refractivity contribution in [3.05, 3.63) is 28.8 Å². The molecule has 1 heterocycles. The highest BCUT2D eigenvalue weighted by molar-refractivity contribution is 7.89. The van der Waals surface area contributed by atoms with Gasteiger partial charge in [-0.15, -0.1) is 0 Å². The van der Waals surface area contributed by atoms with E-state index in [0.29, 0.717) is 24.6 Å². The van der Waals surface area contributed by atoms with E-state index in [1.807, 2.05) is 19.9 Å². The van der Waals surface area contributed by atoms with Crippen LogP contribution in [0, 0.1) is 19.8 Å². The molecule has 0 saturated carbocycles. The van der Waals surface area contributed by atoms with Crippen LogP contribution in [0.5, 0.6) is 0 Å². The van der Waals surface area contributed by atoms with Crippen LogP contribution >= 0.6 is 0 Å². The molecule has 1 aromatic carbocycles. The highest BCUT2D eigenvalue weighted by atomic mass is 32.2. The van der Waals surface area contributed by atoms with Crippen LogP contribution in [0.15, 0.2) is 17.0 Å². The number of hydrogen-bond donors (Lipinski definition) is 2. The predicted octanol–water partition coefficient (Wildman–Crippen LogP) is 1.47. The van der Waals surface area contributed by atoms with E-state index in [2.05, 4.69) is 4.72 Å². The smallest absolute Gasteiger partial charge is 0.240 e. The van der Waals surface area contributed by atoms with Gasteiger partial charge in [-0.1, -0.05) is 6.07 Å². The summed E-state index contributed by atoms with van der Waals surface area (Å²) in [4.78, 5) is 0.333. The van der Waals surface area contributed by atoms with Gasteiger partial charge < -0.3 is 10.5 Å². The van der Waals surface area contributed by atoms with E-state index in [9.17, 15) is 8.42 Å². The fourth-order valence-electron chi connectivity index (χ4n) is 2.57. The van der Waals surface area contributed by atoms with E-state index < -0.39 is 10.0 Å². The summed E-state index contributed by atoms with van der Waals surface area (Å²) in [6.45, 7) is 5.90. The summed E-state index contributed by atoms with van der Waals surface area (Å²) in [5, 5.41) is 0. The number of nitrogens with two attached hydrogens (primary N) is 1. The van der Waals surface area contributed by atoms with Crippen molar-refractivity contribution in [3.63, 3.8) is 0 Å². The van der Waals surface area contributed by atoms with Crippen LogP contribution < -0.4 is 10.5 Å². The zero-order valence-corrected chi connectivity index (χ0v) is 13.5. The maximum Gasteiger partial charge on any atom is 0.240 e. The lowest BCUT2D eigenvalue weighted by Gasteiger charge is -2.22. The van der Waals surface area contributed by atoms with E-state index >= 15 is 0 Å². The molecule has 2 rings (SSSR count). The molecule has 0 bridgehead atoms. The van der Waals surface area contributed by atoms with Crippen molar-refractivity contribution in [1.29, 1.82) is 0 Å². The molecule has 0 aliphatic carbocycles. The third-order valence-electron chi connectivity index (χ3n) is 4.02. The summed E-state index contributed by atoms with van der Waals surface area (Å²) < 4.78 is 33.1. The van der Waals surface area contributed by atoms with Crippen LogP contribution in [-0.4, -0.2) is 28.2 Å². The second kappa shape index (κ2) is 6.87. The molecule has 1 aliphatic heterocycles. The van der Waals surface area contributed by atoms with Crippen LogP contribution in [0.4, 0.5) is 0 Å². The van der Waals surface area contributed by atoms with Crippen molar-refractivity contribution >= 4 is 10.0 Å². The van der Waals surface area contributed by atoms with Gasteiger partial charge in [0.05, 0.1) is 11.5 Å². The first kappa shape index (κ1) is 16.4. The third-order valence-corrected chi connectivity index (χ3v) is 5.57. The summed E-state index contributed by atoms with van der Waals surface area (Å²) in [7, 11) is -3.51. The van der Waals surface area contributed by atoms with Crippen molar-refractivity contribution < 1.29 is 13.2 Å². The van der Waals surface area contributed by atoms with Crippen molar-refractivity contribution in [2.75, 3.05) is 19.8 Å². The van der Waals surface area contributed by atoms with E-state index in [-0.39, 0.29) is 5.92 Å². The molecule has 0 amide bonds. The maximum absolute atomic E-state index is 12.5. The lowest BCUT2D eigenvalue weighted by molar-refractivity contribution is 0.0568. The summed E-state index contributed by atoms with van der Waals surface area (Å²) in [6, 6.07) is 3.60. The van der Waals surface area contributed by atoms with E-state index in [4.69, 9.17) is 10.5 Å². The van der Waals surface area contributed by atoms with Gasteiger partial charge in [0.2, 0.25) is 10.0 Å². The maximum atomic E-state index is 12.5. The van der Waals surface area contributed by atoms with Gasteiger partial charge >= 0.3 is 0 Å². The molecule has 6 heteroatoms. The Morgan fingerprint density at radius 2 is 2.14 bits per heavy atom. The Labute approximate surface area is 126 Å². The number of rotatable bonds is 5. The fourth-order valence-corrected chi connectivity index (χ4v) is 4.05. The SMILES string of the molecule is Cc1cc(CN)cc(S(=O)(=O)NCC2CCCOC2)c1C.